The van der Waals surface area contributed by atoms with E-state index in [0.29, 0.717) is 45.3 Å². The number of halogens is 5. The molecule has 222 valence electrons. The number of carbonyl (C=O) groups is 1. The van der Waals surface area contributed by atoms with E-state index in [9.17, 15) is 23.1 Å². The summed E-state index contributed by atoms with van der Waals surface area (Å²) in [5.41, 5.74) is 0.362. The Kier molecular flexibility index (Phi) is 7.16. The van der Waals surface area contributed by atoms with Crippen LogP contribution >= 0.6 is 0 Å². The summed E-state index contributed by atoms with van der Waals surface area (Å²) in [6, 6.07) is 3.66. The van der Waals surface area contributed by atoms with Crippen LogP contribution in [0.2, 0.25) is 0 Å². The largest absolute Gasteiger partial charge is 0.471 e. The Hall–Kier alpha value is -4.34. The summed E-state index contributed by atoms with van der Waals surface area (Å²) in [4.78, 5) is 27.6. The van der Waals surface area contributed by atoms with Crippen molar-refractivity contribution in [2.24, 2.45) is 0 Å². The molecule has 16 heteroatoms. The van der Waals surface area contributed by atoms with Crippen LogP contribution in [0.4, 0.5) is 39.4 Å². The predicted octanol–water partition coefficient (Wildman–Crippen LogP) is 4.29. The molecule has 6 rings (SSSR count). The molecule has 1 amide bonds. The number of amides is 1. The summed E-state index contributed by atoms with van der Waals surface area (Å²) in [6.07, 6.45) is -0.731. The molecule has 5 heterocycles. The van der Waals surface area contributed by atoms with E-state index in [1.807, 2.05) is 0 Å². The number of likely N-dealkylation sites (tertiary alicyclic amines) is 1. The van der Waals surface area contributed by atoms with Crippen LogP contribution in [0, 0.1) is 11.6 Å². The average Bonchev–Trinajstić information content (AvgIpc) is 3.60. The fourth-order valence-electron chi connectivity index (χ4n) is 5.42. The van der Waals surface area contributed by atoms with Gasteiger partial charge in [0.15, 0.2) is 5.82 Å². The number of carbonyl (C=O) groups excluding carboxylic acids is 1. The van der Waals surface area contributed by atoms with Gasteiger partial charge in [-0.1, -0.05) is 0 Å². The molecule has 0 bridgehead atoms. The molecule has 2 saturated heterocycles. The molecular weight excluding hydrogens is 567 g/mol. The van der Waals surface area contributed by atoms with E-state index >= 15 is 8.78 Å². The van der Waals surface area contributed by atoms with E-state index in [2.05, 4.69) is 29.9 Å². The zero-order valence-corrected chi connectivity index (χ0v) is 22.0. The van der Waals surface area contributed by atoms with Crippen molar-refractivity contribution in [3.05, 3.63) is 53.8 Å². The van der Waals surface area contributed by atoms with Gasteiger partial charge >= 0.3 is 12.1 Å². The number of β-amino-alcohol motifs (C(OH)–C–C–N with tert-alkyl or cyclic N) is 1. The molecule has 3 aromatic heterocycles. The zero-order chi connectivity index (χ0) is 29.6. The minimum absolute atomic E-state index is 0.0241. The number of nitrogens with zero attached hydrogens (tertiary/aromatic N) is 7. The Labute approximate surface area is 234 Å². The molecule has 0 saturated carbocycles. The van der Waals surface area contributed by atoms with E-state index in [1.54, 1.807) is 9.47 Å². The highest BCUT2D eigenvalue weighted by Gasteiger charge is 2.39. The summed E-state index contributed by atoms with van der Waals surface area (Å²) in [5.74, 6) is -3.34. The molecule has 2 fully saturated rings. The number of nitrogens with one attached hydrogen (secondary N) is 1. The lowest BCUT2D eigenvalue weighted by molar-refractivity contribution is -0.159. The number of anilines is 3. The first-order valence-electron chi connectivity index (χ1n) is 13.3. The van der Waals surface area contributed by atoms with E-state index in [0.717, 1.165) is 6.07 Å². The number of hydrogen-bond donors (Lipinski definition) is 2. The molecule has 0 unspecified atom stereocenters. The van der Waals surface area contributed by atoms with Gasteiger partial charge in [-0.05, 0) is 49.0 Å². The Morgan fingerprint density at radius 3 is 2.55 bits per heavy atom. The third-order valence-corrected chi connectivity index (χ3v) is 7.51. The second-order valence-electron chi connectivity index (χ2n) is 10.3. The topological polar surface area (TPSA) is 125 Å². The molecule has 4 aromatic rings. The lowest BCUT2D eigenvalue weighted by Crippen LogP contribution is -2.42. The Bertz CT molecular complexity index is 1620. The van der Waals surface area contributed by atoms with E-state index < -0.39 is 35.7 Å². The van der Waals surface area contributed by atoms with E-state index in [-0.39, 0.29) is 46.6 Å². The van der Waals surface area contributed by atoms with Crippen LogP contribution in [0.5, 0.6) is 0 Å². The number of aliphatic hydroxyl groups is 1. The van der Waals surface area contributed by atoms with Gasteiger partial charge in [0.25, 0.3) is 11.9 Å². The standard InChI is InChI=1S/C26H25F5N8O3/c27-17-10-14(23(41)38-7-1-2-16(40)11-38)3-4-19(17)34-21-20-18(28)12-39(22(20)33-13-32-21)15-5-8-37(9-6-15)25-35-24(42-36-25)26(29,30)31/h3-4,10,12-13,15-16,40H,1-2,5-9,11H2,(H,32,33,34)/t16-/m1/s1. The van der Waals surface area contributed by atoms with Gasteiger partial charge in [-0.15, -0.1) is 0 Å². The molecule has 0 spiro atoms. The van der Waals surface area contributed by atoms with Crippen molar-refractivity contribution in [2.75, 3.05) is 36.4 Å². The SMILES string of the molecule is O=C(c1ccc(Nc2ncnc3c2c(F)cn3C2CCN(c3noc(C(F)(F)F)n3)CC2)c(F)c1)N1CCC[C@@H](O)C1. The van der Waals surface area contributed by atoms with Gasteiger partial charge in [0.1, 0.15) is 23.6 Å². The summed E-state index contributed by atoms with van der Waals surface area (Å²) in [7, 11) is 0. The van der Waals surface area contributed by atoms with Crippen LogP contribution in [-0.4, -0.2) is 72.9 Å². The lowest BCUT2D eigenvalue weighted by atomic mass is 10.1. The van der Waals surface area contributed by atoms with Crippen molar-refractivity contribution < 1.29 is 36.4 Å². The number of benzene rings is 1. The average molecular weight is 593 g/mol. The van der Waals surface area contributed by atoms with Crippen molar-refractivity contribution >= 4 is 34.4 Å². The third-order valence-electron chi connectivity index (χ3n) is 7.51. The number of aromatic nitrogens is 5. The second-order valence-corrected chi connectivity index (χ2v) is 10.3. The van der Waals surface area contributed by atoms with Crippen LogP contribution in [0.25, 0.3) is 11.0 Å². The first-order valence-corrected chi connectivity index (χ1v) is 13.3. The third kappa shape index (κ3) is 5.33. The molecule has 2 aliphatic heterocycles. The van der Waals surface area contributed by atoms with Crippen LogP contribution in [0.3, 0.4) is 0 Å². The molecule has 1 atom stereocenters. The quantitative estimate of drug-likeness (QED) is 0.327. The Balaban J connectivity index is 1.18. The zero-order valence-electron chi connectivity index (χ0n) is 22.0. The fraction of sp³-hybridized carbons (Fsp3) is 0.423. The van der Waals surface area contributed by atoms with E-state index in [1.165, 1.54) is 29.6 Å². The van der Waals surface area contributed by atoms with Crippen LogP contribution in [0.15, 0.2) is 35.2 Å². The molecule has 11 nitrogen and oxygen atoms in total. The number of piperidine rings is 2. The molecule has 42 heavy (non-hydrogen) atoms. The van der Waals surface area contributed by atoms with Gasteiger partial charge < -0.3 is 29.3 Å². The van der Waals surface area contributed by atoms with Gasteiger partial charge in [-0.3, -0.25) is 4.79 Å². The first-order chi connectivity index (χ1) is 20.1. The molecule has 2 N–H and O–H groups in total. The fourth-order valence-corrected chi connectivity index (χ4v) is 5.42. The van der Waals surface area contributed by atoms with Gasteiger partial charge in [0.2, 0.25) is 0 Å². The summed E-state index contributed by atoms with van der Waals surface area (Å²) < 4.78 is 74.7. The highest BCUT2D eigenvalue weighted by Crippen LogP contribution is 2.34. The van der Waals surface area contributed by atoms with Crippen molar-refractivity contribution in [3.8, 4) is 0 Å². The Morgan fingerprint density at radius 1 is 1.07 bits per heavy atom. The maximum absolute atomic E-state index is 15.2. The van der Waals surface area contributed by atoms with Gasteiger partial charge in [-0.25, -0.2) is 18.7 Å². The molecule has 2 aliphatic rings. The summed E-state index contributed by atoms with van der Waals surface area (Å²) in [6.45, 7) is 1.25. The smallest absolute Gasteiger partial charge is 0.391 e. The number of hydrogen-bond acceptors (Lipinski definition) is 9. The maximum atomic E-state index is 15.2. The maximum Gasteiger partial charge on any atom is 0.471 e. The molecular formula is C26H25F5N8O3. The van der Waals surface area contributed by atoms with Gasteiger partial charge in [0, 0.05) is 44.0 Å². The second kappa shape index (κ2) is 10.8. The number of rotatable bonds is 5. The minimum atomic E-state index is -4.74. The normalized spacial score (nSPS) is 18.6. The number of fused-ring (bicyclic) bond motifs is 1. The summed E-state index contributed by atoms with van der Waals surface area (Å²) in [5, 5.41) is 16.1. The number of aliphatic hydroxyl groups excluding tert-OH is 1. The highest BCUT2D eigenvalue weighted by atomic mass is 19.4. The molecule has 0 aliphatic carbocycles. The molecule has 1 aromatic carbocycles. The van der Waals surface area contributed by atoms with Gasteiger partial charge in [-0.2, -0.15) is 18.2 Å². The van der Waals surface area contributed by atoms with Crippen LogP contribution in [-0.2, 0) is 6.18 Å². The van der Waals surface area contributed by atoms with Crippen LogP contribution < -0.4 is 10.2 Å². The monoisotopic (exact) mass is 592 g/mol. The number of alkyl halides is 3. The summed E-state index contributed by atoms with van der Waals surface area (Å²) >= 11 is 0. The van der Waals surface area contributed by atoms with E-state index in [4.69, 9.17) is 0 Å². The van der Waals surface area contributed by atoms with Crippen molar-refractivity contribution in [1.82, 2.24) is 29.6 Å². The first kappa shape index (κ1) is 27.8. The van der Waals surface area contributed by atoms with Crippen LogP contribution in [0.1, 0.15) is 48.0 Å². The highest BCUT2D eigenvalue weighted by molar-refractivity contribution is 5.95. The Morgan fingerprint density at radius 2 is 1.86 bits per heavy atom. The lowest BCUT2D eigenvalue weighted by Gasteiger charge is -2.31. The minimum Gasteiger partial charge on any atom is -0.391 e. The van der Waals surface area contributed by atoms with Crippen molar-refractivity contribution in [1.29, 1.82) is 0 Å². The van der Waals surface area contributed by atoms with Crippen molar-refractivity contribution in [2.45, 2.75) is 44.0 Å². The van der Waals surface area contributed by atoms with Gasteiger partial charge in [0.05, 0.1) is 17.2 Å². The predicted molar refractivity (Wildman–Crippen MR) is 138 cm³/mol. The molecule has 0 radical (unpaired) electrons. The van der Waals surface area contributed by atoms with Crippen molar-refractivity contribution in [3.63, 3.8) is 0 Å².